The minimum Gasteiger partial charge on any atom is -0.382 e. The van der Waals surface area contributed by atoms with Crippen LogP contribution in [0.4, 0.5) is 17.5 Å². The lowest BCUT2D eigenvalue weighted by atomic mass is 10.3. The van der Waals surface area contributed by atoms with Crippen molar-refractivity contribution in [2.45, 2.75) is 20.4 Å². The fraction of sp³-hybridized carbons (Fsp3) is 0.294. The van der Waals surface area contributed by atoms with Crippen LogP contribution in [0.2, 0.25) is 0 Å². The molecular formula is C17H22N7O2P. The van der Waals surface area contributed by atoms with Gasteiger partial charge in [0, 0.05) is 11.0 Å². The van der Waals surface area contributed by atoms with Crippen LogP contribution in [-0.4, -0.2) is 33.1 Å². The van der Waals surface area contributed by atoms with Crippen molar-refractivity contribution in [2.24, 2.45) is 0 Å². The standard InChI is InChI=1S/C17H22N7O2P/c1-3-25-27(26-4-2)13-7-5-11(6-8-13)20-9-12-10-21-16-14(22-12)15(18)23-17(19)24-16/h5-8,10,20H,3-4,9H2,1-2H3,(H4,18,19,21,23,24). The van der Waals surface area contributed by atoms with Gasteiger partial charge in [0.1, 0.15) is 0 Å². The molecule has 5 N–H and O–H groups in total. The fourth-order valence-corrected chi connectivity index (χ4v) is 3.62. The van der Waals surface area contributed by atoms with Crippen molar-refractivity contribution in [2.75, 3.05) is 30.0 Å². The van der Waals surface area contributed by atoms with Gasteiger partial charge < -0.3 is 25.8 Å². The van der Waals surface area contributed by atoms with Crippen LogP contribution in [0, 0.1) is 0 Å². The molecule has 1 aromatic carbocycles. The molecule has 0 bridgehead atoms. The second-order valence-electron chi connectivity index (χ2n) is 5.49. The third-order valence-electron chi connectivity index (χ3n) is 3.55. The molecule has 2 aromatic heterocycles. The molecule has 0 atom stereocenters. The molecule has 0 fully saturated rings. The molecule has 2 heterocycles. The lowest BCUT2D eigenvalue weighted by molar-refractivity contribution is 0.277. The van der Waals surface area contributed by atoms with Crippen molar-refractivity contribution in [1.82, 2.24) is 19.9 Å². The number of nitrogen functional groups attached to an aromatic ring is 2. The predicted octanol–water partition coefficient (Wildman–Crippen LogP) is 2.21. The summed E-state index contributed by atoms with van der Waals surface area (Å²) < 4.78 is 11.3. The first-order valence-electron chi connectivity index (χ1n) is 8.55. The summed E-state index contributed by atoms with van der Waals surface area (Å²) in [7, 11) is -1.04. The summed E-state index contributed by atoms with van der Waals surface area (Å²) in [4.78, 5) is 16.6. The SMILES string of the molecule is CCOP(OCC)c1ccc(NCc2cnc3nc(N)nc(N)c3n2)cc1. The first-order chi connectivity index (χ1) is 13.1. The van der Waals surface area contributed by atoms with Gasteiger partial charge in [-0.15, -0.1) is 0 Å². The minimum absolute atomic E-state index is 0.0827. The summed E-state index contributed by atoms with van der Waals surface area (Å²) in [5.74, 6) is 0.302. The Morgan fingerprint density at radius 3 is 2.37 bits per heavy atom. The highest BCUT2D eigenvalue weighted by atomic mass is 31.2. The number of anilines is 3. The molecular weight excluding hydrogens is 365 g/mol. The Kier molecular flexibility index (Phi) is 6.28. The molecule has 3 rings (SSSR count). The normalized spacial score (nSPS) is 11.2. The lowest BCUT2D eigenvalue weighted by Gasteiger charge is -2.16. The fourth-order valence-electron chi connectivity index (χ4n) is 2.38. The van der Waals surface area contributed by atoms with E-state index in [0.29, 0.717) is 30.9 Å². The quantitative estimate of drug-likeness (QED) is 0.497. The van der Waals surface area contributed by atoms with Gasteiger partial charge in [-0.2, -0.15) is 9.97 Å². The van der Waals surface area contributed by atoms with Crippen LogP contribution in [0.1, 0.15) is 19.5 Å². The van der Waals surface area contributed by atoms with Gasteiger partial charge in [0.25, 0.3) is 0 Å². The van der Waals surface area contributed by atoms with Crippen LogP contribution < -0.4 is 22.1 Å². The summed E-state index contributed by atoms with van der Waals surface area (Å²) in [6, 6.07) is 7.96. The second-order valence-corrected chi connectivity index (χ2v) is 7.04. The van der Waals surface area contributed by atoms with E-state index in [1.165, 1.54) is 0 Å². The Morgan fingerprint density at radius 1 is 1.00 bits per heavy atom. The van der Waals surface area contributed by atoms with E-state index in [0.717, 1.165) is 16.7 Å². The highest BCUT2D eigenvalue weighted by Gasteiger charge is 2.12. The molecule has 0 aliphatic rings. The average Bonchev–Trinajstić information content (AvgIpc) is 2.67. The number of benzene rings is 1. The minimum atomic E-state index is -1.04. The van der Waals surface area contributed by atoms with Crippen LogP contribution in [0.15, 0.2) is 30.5 Å². The molecule has 0 spiro atoms. The Labute approximate surface area is 158 Å². The van der Waals surface area contributed by atoms with Crippen molar-refractivity contribution in [3.8, 4) is 0 Å². The molecule has 142 valence electrons. The Morgan fingerprint density at radius 2 is 1.70 bits per heavy atom. The van der Waals surface area contributed by atoms with Crippen molar-refractivity contribution in [3.63, 3.8) is 0 Å². The number of hydrogen-bond donors (Lipinski definition) is 3. The van der Waals surface area contributed by atoms with E-state index in [2.05, 4.69) is 25.3 Å². The molecule has 0 saturated heterocycles. The Bertz CT molecular complexity index is 902. The maximum absolute atomic E-state index is 5.85. The molecule has 10 heteroatoms. The van der Waals surface area contributed by atoms with Crippen LogP contribution in [0.25, 0.3) is 11.2 Å². The van der Waals surface area contributed by atoms with Crippen LogP contribution in [-0.2, 0) is 15.6 Å². The van der Waals surface area contributed by atoms with E-state index in [4.69, 9.17) is 20.5 Å². The maximum atomic E-state index is 5.85. The molecule has 27 heavy (non-hydrogen) atoms. The molecule has 0 aliphatic carbocycles. The lowest BCUT2D eigenvalue weighted by Crippen LogP contribution is -2.08. The molecule has 0 radical (unpaired) electrons. The van der Waals surface area contributed by atoms with Gasteiger partial charge in [-0.1, -0.05) is 0 Å². The van der Waals surface area contributed by atoms with Crippen molar-refractivity contribution >= 4 is 42.3 Å². The van der Waals surface area contributed by atoms with Crippen LogP contribution in [0.3, 0.4) is 0 Å². The molecule has 0 aliphatic heterocycles. The van der Waals surface area contributed by atoms with E-state index in [1.54, 1.807) is 6.20 Å². The van der Waals surface area contributed by atoms with Crippen LogP contribution >= 0.6 is 8.38 Å². The van der Waals surface area contributed by atoms with Gasteiger partial charge in [-0.25, -0.2) is 9.97 Å². The zero-order chi connectivity index (χ0) is 19.2. The van der Waals surface area contributed by atoms with Gasteiger partial charge in [0.15, 0.2) is 17.0 Å². The summed E-state index contributed by atoms with van der Waals surface area (Å²) >= 11 is 0. The topological polar surface area (TPSA) is 134 Å². The largest absolute Gasteiger partial charge is 0.382 e. The van der Waals surface area contributed by atoms with Gasteiger partial charge in [-0.05, 0) is 38.1 Å². The van der Waals surface area contributed by atoms with E-state index in [1.807, 2.05) is 38.1 Å². The molecule has 0 unspecified atom stereocenters. The molecule has 3 aromatic rings. The number of nitrogens with two attached hydrogens (primary N) is 2. The monoisotopic (exact) mass is 387 g/mol. The van der Waals surface area contributed by atoms with Crippen molar-refractivity contribution in [3.05, 3.63) is 36.2 Å². The smallest absolute Gasteiger partial charge is 0.224 e. The number of fused-ring (bicyclic) bond motifs is 1. The van der Waals surface area contributed by atoms with E-state index in [-0.39, 0.29) is 11.8 Å². The number of aromatic nitrogens is 4. The molecule has 0 amide bonds. The van der Waals surface area contributed by atoms with Gasteiger partial charge >= 0.3 is 0 Å². The second kappa shape index (κ2) is 8.85. The predicted molar refractivity (Wildman–Crippen MR) is 108 cm³/mol. The number of hydrogen-bond acceptors (Lipinski definition) is 9. The van der Waals surface area contributed by atoms with E-state index < -0.39 is 8.38 Å². The summed E-state index contributed by atoms with van der Waals surface area (Å²) in [5, 5.41) is 4.34. The first-order valence-corrected chi connectivity index (χ1v) is 9.73. The average molecular weight is 387 g/mol. The third kappa shape index (κ3) is 4.77. The first kappa shape index (κ1) is 19.2. The highest BCUT2D eigenvalue weighted by molar-refractivity contribution is 7.56. The van der Waals surface area contributed by atoms with Gasteiger partial charge in [0.2, 0.25) is 14.3 Å². The van der Waals surface area contributed by atoms with Gasteiger partial charge in [0.05, 0.1) is 31.6 Å². The number of rotatable bonds is 8. The zero-order valence-electron chi connectivity index (χ0n) is 15.2. The molecule has 9 nitrogen and oxygen atoms in total. The van der Waals surface area contributed by atoms with E-state index in [9.17, 15) is 0 Å². The number of nitrogens with one attached hydrogen (secondary N) is 1. The molecule has 0 saturated carbocycles. The van der Waals surface area contributed by atoms with Crippen molar-refractivity contribution in [1.29, 1.82) is 0 Å². The van der Waals surface area contributed by atoms with Crippen LogP contribution in [0.5, 0.6) is 0 Å². The van der Waals surface area contributed by atoms with Gasteiger partial charge in [-0.3, -0.25) is 0 Å². The Balaban J connectivity index is 1.68. The zero-order valence-corrected chi connectivity index (χ0v) is 16.1. The number of nitrogens with zero attached hydrogens (tertiary/aromatic N) is 4. The summed E-state index contributed by atoms with van der Waals surface area (Å²) in [6.45, 7) is 5.63. The summed E-state index contributed by atoms with van der Waals surface area (Å²) in [6.07, 6.45) is 1.64. The van der Waals surface area contributed by atoms with Crippen molar-refractivity contribution < 1.29 is 9.05 Å². The van der Waals surface area contributed by atoms with E-state index >= 15 is 0 Å². The Hall–Kier alpha value is -2.61. The third-order valence-corrected chi connectivity index (χ3v) is 5.25. The summed E-state index contributed by atoms with van der Waals surface area (Å²) in [5.41, 5.74) is 13.9. The highest BCUT2D eigenvalue weighted by Crippen LogP contribution is 2.37. The maximum Gasteiger partial charge on any atom is 0.224 e.